The summed E-state index contributed by atoms with van der Waals surface area (Å²) in [5.74, 6) is 2.50. The van der Waals surface area contributed by atoms with Gasteiger partial charge in [-0.05, 0) is 44.0 Å². The highest BCUT2D eigenvalue weighted by Gasteiger charge is 2.24. The van der Waals surface area contributed by atoms with E-state index in [9.17, 15) is 0 Å². The zero-order chi connectivity index (χ0) is 15.8. The number of hydrogen-bond acceptors (Lipinski definition) is 3. The van der Waals surface area contributed by atoms with Crippen molar-refractivity contribution in [1.29, 1.82) is 0 Å². The summed E-state index contributed by atoms with van der Waals surface area (Å²) in [6.07, 6.45) is 5.65. The molecule has 0 spiro atoms. The summed E-state index contributed by atoms with van der Waals surface area (Å²) in [6, 6.07) is 4.32. The van der Waals surface area contributed by atoms with Crippen molar-refractivity contribution < 1.29 is 4.42 Å². The zero-order valence-corrected chi connectivity index (χ0v) is 14.1. The summed E-state index contributed by atoms with van der Waals surface area (Å²) < 4.78 is 5.67. The fourth-order valence-corrected chi connectivity index (χ4v) is 2.84. The first-order valence-corrected chi connectivity index (χ1v) is 8.42. The number of hydrogen-bond donors (Lipinski definition) is 2. The Morgan fingerprint density at radius 2 is 1.95 bits per heavy atom. The molecule has 5 nitrogen and oxygen atoms in total. The van der Waals surface area contributed by atoms with Crippen LogP contribution in [0.2, 0.25) is 0 Å². The minimum atomic E-state index is 0.271. The quantitative estimate of drug-likeness (QED) is 0.626. The van der Waals surface area contributed by atoms with Crippen LogP contribution in [0.5, 0.6) is 0 Å². The van der Waals surface area contributed by atoms with E-state index in [-0.39, 0.29) is 6.04 Å². The molecule has 124 valence electrons. The molecule has 0 radical (unpaired) electrons. The normalized spacial score (nSPS) is 18.5. The molecule has 0 amide bonds. The second kappa shape index (κ2) is 8.83. The van der Waals surface area contributed by atoms with Crippen molar-refractivity contribution in [3.8, 4) is 0 Å². The molecule has 2 heterocycles. The van der Waals surface area contributed by atoms with E-state index in [1.165, 1.54) is 19.3 Å². The lowest BCUT2D eigenvalue weighted by molar-refractivity contribution is 0.146. The van der Waals surface area contributed by atoms with Gasteiger partial charge in [-0.3, -0.25) is 9.89 Å². The van der Waals surface area contributed by atoms with E-state index in [1.807, 2.05) is 13.1 Å². The van der Waals surface area contributed by atoms with Gasteiger partial charge in [-0.2, -0.15) is 0 Å². The highest BCUT2D eigenvalue weighted by atomic mass is 16.3. The minimum Gasteiger partial charge on any atom is -0.468 e. The average Bonchev–Trinajstić information content (AvgIpc) is 3.05. The maximum atomic E-state index is 5.67. The monoisotopic (exact) mass is 306 g/mol. The third-order valence-electron chi connectivity index (χ3n) is 4.07. The van der Waals surface area contributed by atoms with Crippen LogP contribution in [-0.2, 0) is 0 Å². The van der Waals surface area contributed by atoms with E-state index in [0.717, 1.165) is 37.9 Å². The predicted octanol–water partition coefficient (Wildman–Crippen LogP) is 2.63. The van der Waals surface area contributed by atoms with E-state index in [2.05, 4.69) is 40.4 Å². The van der Waals surface area contributed by atoms with E-state index < -0.39 is 0 Å². The van der Waals surface area contributed by atoms with Gasteiger partial charge in [0.2, 0.25) is 0 Å². The number of likely N-dealkylation sites (tertiary alicyclic amines) is 1. The first-order valence-electron chi connectivity index (χ1n) is 8.42. The number of piperidine rings is 1. The van der Waals surface area contributed by atoms with E-state index >= 15 is 0 Å². The third kappa shape index (κ3) is 5.05. The van der Waals surface area contributed by atoms with Crippen molar-refractivity contribution in [2.75, 3.05) is 33.2 Å². The lowest BCUT2D eigenvalue weighted by Crippen LogP contribution is -2.45. The Labute approximate surface area is 134 Å². The Morgan fingerprint density at radius 3 is 2.55 bits per heavy atom. The van der Waals surface area contributed by atoms with Crippen molar-refractivity contribution in [2.45, 2.75) is 39.2 Å². The van der Waals surface area contributed by atoms with Crippen molar-refractivity contribution in [3.63, 3.8) is 0 Å². The molecule has 0 bridgehead atoms. The molecular formula is C17H30N4O. The molecular weight excluding hydrogens is 276 g/mol. The molecule has 22 heavy (non-hydrogen) atoms. The number of furan rings is 1. The van der Waals surface area contributed by atoms with Crippen molar-refractivity contribution >= 4 is 5.96 Å². The summed E-state index contributed by atoms with van der Waals surface area (Å²) >= 11 is 0. The topological polar surface area (TPSA) is 52.8 Å². The molecule has 1 fully saturated rings. The van der Waals surface area contributed by atoms with Crippen molar-refractivity contribution in [2.24, 2.45) is 10.9 Å². The Bertz CT molecular complexity index is 436. The van der Waals surface area contributed by atoms with Gasteiger partial charge in [-0.1, -0.05) is 20.3 Å². The summed E-state index contributed by atoms with van der Waals surface area (Å²) in [5, 5.41) is 6.81. The van der Waals surface area contributed by atoms with Crippen LogP contribution in [0.25, 0.3) is 0 Å². The van der Waals surface area contributed by atoms with E-state index in [0.29, 0.717) is 5.92 Å². The maximum Gasteiger partial charge on any atom is 0.191 e. The lowest BCUT2D eigenvalue weighted by atomic mass is 10.1. The van der Waals surface area contributed by atoms with Crippen LogP contribution < -0.4 is 10.6 Å². The second-order valence-electron chi connectivity index (χ2n) is 6.36. The van der Waals surface area contributed by atoms with Gasteiger partial charge in [0, 0.05) is 20.1 Å². The van der Waals surface area contributed by atoms with E-state index in [1.54, 1.807) is 6.26 Å². The SMILES string of the molecule is CN=C(NCC(C)C)NCC(c1ccco1)N1CCCCC1. The molecule has 1 aromatic heterocycles. The molecule has 1 unspecified atom stereocenters. The Morgan fingerprint density at radius 1 is 1.23 bits per heavy atom. The van der Waals surface area contributed by atoms with Crippen LogP contribution in [0, 0.1) is 5.92 Å². The first kappa shape index (κ1) is 16.9. The van der Waals surface area contributed by atoms with E-state index in [4.69, 9.17) is 4.42 Å². The molecule has 1 atom stereocenters. The molecule has 0 aromatic carbocycles. The third-order valence-corrected chi connectivity index (χ3v) is 4.07. The molecule has 1 aromatic rings. The summed E-state index contributed by atoms with van der Waals surface area (Å²) in [5.41, 5.74) is 0. The predicted molar refractivity (Wildman–Crippen MR) is 91.1 cm³/mol. The van der Waals surface area contributed by atoms with Gasteiger partial charge >= 0.3 is 0 Å². The number of nitrogens with one attached hydrogen (secondary N) is 2. The highest BCUT2D eigenvalue weighted by Crippen LogP contribution is 2.24. The summed E-state index contributed by atoms with van der Waals surface area (Å²) in [6.45, 7) is 8.41. The number of guanidine groups is 1. The first-order chi connectivity index (χ1) is 10.7. The molecule has 1 aliphatic heterocycles. The number of aliphatic imine (C=N–C) groups is 1. The van der Waals surface area contributed by atoms with Gasteiger partial charge in [0.05, 0.1) is 12.3 Å². The van der Waals surface area contributed by atoms with Crippen molar-refractivity contribution in [1.82, 2.24) is 15.5 Å². The highest BCUT2D eigenvalue weighted by molar-refractivity contribution is 5.79. The van der Waals surface area contributed by atoms with Crippen LogP contribution in [0.1, 0.15) is 44.9 Å². The van der Waals surface area contributed by atoms with Gasteiger partial charge in [0.15, 0.2) is 5.96 Å². The molecule has 2 rings (SSSR count). The second-order valence-corrected chi connectivity index (χ2v) is 6.36. The van der Waals surface area contributed by atoms with Gasteiger partial charge in [0.1, 0.15) is 5.76 Å². The molecule has 5 heteroatoms. The van der Waals surface area contributed by atoms with Crippen molar-refractivity contribution in [3.05, 3.63) is 24.2 Å². The van der Waals surface area contributed by atoms with Crippen LogP contribution in [0.15, 0.2) is 27.8 Å². The zero-order valence-electron chi connectivity index (χ0n) is 14.1. The molecule has 1 aliphatic rings. The average molecular weight is 306 g/mol. The van der Waals surface area contributed by atoms with Crippen LogP contribution in [-0.4, -0.2) is 44.1 Å². The molecule has 0 aliphatic carbocycles. The Hall–Kier alpha value is -1.49. The van der Waals surface area contributed by atoms with Gasteiger partial charge in [-0.15, -0.1) is 0 Å². The van der Waals surface area contributed by atoms with Gasteiger partial charge < -0.3 is 15.1 Å². The largest absolute Gasteiger partial charge is 0.468 e. The fraction of sp³-hybridized carbons (Fsp3) is 0.706. The molecule has 2 N–H and O–H groups in total. The van der Waals surface area contributed by atoms with Crippen LogP contribution in [0.4, 0.5) is 0 Å². The van der Waals surface area contributed by atoms with Crippen LogP contribution in [0.3, 0.4) is 0 Å². The minimum absolute atomic E-state index is 0.271. The fourth-order valence-electron chi connectivity index (χ4n) is 2.84. The van der Waals surface area contributed by atoms with Gasteiger partial charge in [-0.25, -0.2) is 0 Å². The number of nitrogens with zero attached hydrogens (tertiary/aromatic N) is 2. The van der Waals surface area contributed by atoms with Gasteiger partial charge in [0.25, 0.3) is 0 Å². The lowest BCUT2D eigenvalue weighted by Gasteiger charge is -2.33. The number of rotatable bonds is 6. The summed E-state index contributed by atoms with van der Waals surface area (Å²) in [4.78, 5) is 6.82. The smallest absolute Gasteiger partial charge is 0.191 e. The molecule has 0 saturated carbocycles. The van der Waals surface area contributed by atoms with Crippen LogP contribution >= 0.6 is 0 Å². The Balaban J connectivity index is 1.94. The Kier molecular flexibility index (Phi) is 6.77. The summed E-state index contributed by atoms with van der Waals surface area (Å²) in [7, 11) is 1.82. The maximum absolute atomic E-state index is 5.67. The standard InChI is InChI=1S/C17H30N4O/c1-14(2)12-19-17(18-3)20-13-15(16-8-7-11-22-16)21-9-5-4-6-10-21/h7-8,11,14-15H,4-6,9-10,12-13H2,1-3H3,(H2,18,19,20). The molecule has 1 saturated heterocycles.